The van der Waals surface area contributed by atoms with E-state index in [0.29, 0.717) is 32.5 Å². The molecule has 4 heteroatoms. The zero-order valence-corrected chi connectivity index (χ0v) is 11.7. The molecule has 1 saturated heterocycles. The van der Waals surface area contributed by atoms with Crippen molar-refractivity contribution in [3.63, 3.8) is 0 Å². The smallest absolute Gasteiger partial charge is 0.236 e. The van der Waals surface area contributed by atoms with Gasteiger partial charge < -0.3 is 4.90 Å². The first-order chi connectivity index (χ1) is 9.72. The van der Waals surface area contributed by atoms with Gasteiger partial charge in [0.2, 0.25) is 5.91 Å². The summed E-state index contributed by atoms with van der Waals surface area (Å²) in [6.45, 7) is 3.47. The molecule has 0 unspecified atom stereocenters. The highest BCUT2D eigenvalue weighted by Crippen LogP contribution is 2.18. The van der Waals surface area contributed by atoms with Crippen LogP contribution < -0.4 is 0 Å². The minimum Gasteiger partial charge on any atom is -0.341 e. The van der Waals surface area contributed by atoms with Gasteiger partial charge in [0.15, 0.2) is 0 Å². The van der Waals surface area contributed by atoms with Crippen LogP contribution in [0.4, 0.5) is 0 Å². The molecule has 0 N–H and O–H groups in total. The Labute approximate surface area is 119 Å². The van der Waals surface area contributed by atoms with Crippen molar-refractivity contribution in [1.82, 2.24) is 9.80 Å². The van der Waals surface area contributed by atoms with Crippen molar-refractivity contribution in [3.05, 3.63) is 35.4 Å². The predicted molar refractivity (Wildman–Crippen MR) is 76.2 cm³/mol. The van der Waals surface area contributed by atoms with Gasteiger partial charge in [-0.15, -0.1) is 0 Å². The molecule has 0 aromatic heterocycles. The van der Waals surface area contributed by atoms with E-state index in [0.717, 1.165) is 19.5 Å². The van der Waals surface area contributed by atoms with Crippen molar-refractivity contribution in [1.29, 1.82) is 0 Å². The molecule has 1 amide bonds. The molecule has 2 heterocycles. The van der Waals surface area contributed by atoms with Gasteiger partial charge in [0.25, 0.3) is 0 Å². The molecule has 2 aliphatic rings. The van der Waals surface area contributed by atoms with E-state index in [-0.39, 0.29) is 11.7 Å². The fourth-order valence-electron chi connectivity index (χ4n) is 2.99. The average Bonchev–Trinajstić information content (AvgIpc) is 2.48. The maximum absolute atomic E-state index is 12.3. The first-order valence-corrected chi connectivity index (χ1v) is 7.31. The molecule has 106 valence electrons. The van der Waals surface area contributed by atoms with Crippen molar-refractivity contribution in [2.24, 2.45) is 0 Å². The van der Waals surface area contributed by atoms with Crippen molar-refractivity contribution in [2.45, 2.75) is 25.8 Å². The normalized spacial score (nSPS) is 19.8. The quantitative estimate of drug-likeness (QED) is 0.813. The average molecular weight is 272 g/mol. The van der Waals surface area contributed by atoms with Gasteiger partial charge in [-0.25, -0.2) is 0 Å². The number of nitrogens with zero attached hydrogens (tertiary/aromatic N) is 2. The van der Waals surface area contributed by atoms with Crippen LogP contribution in [0, 0.1) is 0 Å². The zero-order valence-electron chi connectivity index (χ0n) is 11.7. The molecule has 1 aromatic rings. The number of fused-ring (bicyclic) bond motifs is 1. The topological polar surface area (TPSA) is 40.6 Å². The van der Waals surface area contributed by atoms with Crippen molar-refractivity contribution in [3.8, 4) is 0 Å². The van der Waals surface area contributed by atoms with Crippen LogP contribution in [0.15, 0.2) is 24.3 Å². The Balaban J connectivity index is 1.57. The second-order valence-corrected chi connectivity index (χ2v) is 5.65. The maximum Gasteiger partial charge on any atom is 0.236 e. The SMILES string of the molecule is O=C1CCN(C(=O)CN2CCc3ccccc3C2)CC1. The molecule has 0 radical (unpaired) electrons. The molecule has 0 atom stereocenters. The summed E-state index contributed by atoms with van der Waals surface area (Å²) in [6.07, 6.45) is 2.06. The van der Waals surface area contributed by atoms with Gasteiger partial charge in [-0.05, 0) is 17.5 Å². The summed E-state index contributed by atoms with van der Waals surface area (Å²) in [5.41, 5.74) is 2.74. The van der Waals surface area contributed by atoms with E-state index in [4.69, 9.17) is 0 Å². The minimum absolute atomic E-state index is 0.164. The Morgan fingerprint density at radius 2 is 1.70 bits per heavy atom. The molecule has 3 rings (SSSR count). The Bertz CT molecular complexity index is 517. The van der Waals surface area contributed by atoms with Crippen LogP contribution in [0.5, 0.6) is 0 Å². The summed E-state index contributed by atoms with van der Waals surface area (Å²) in [5.74, 6) is 0.442. The van der Waals surface area contributed by atoms with E-state index in [1.165, 1.54) is 11.1 Å². The van der Waals surface area contributed by atoms with Gasteiger partial charge >= 0.3 is 0 Å². The summed E-state index contributed by atoms with van der Waals surface area (Å²) in [4.78, 5) is 27.5. The molecule has 1 aromatic carbocycles. The second kappa shape index (κ2) is 5.75. The third-order valence-corrected chi connectivity index (χ3v) is 4.24. The van der Waals surface area contributed by atoms with E-state index >= 15 is 0 Å². The molecule has 20 heavy (non-hydrogen) atoms. The van der Waals surface area contributed by atoms with Crippen molar-refractivity contribution >= 4 is 11.7 Å². The van der Waals surface area contributed by atoms with Crippen LogP contribution in [0.2, 0.25) is 0 Å². The predicted octanol–water partition coefficient (Wildman–Crippen LogP) is 1.24. The molecule has 2 aliphatic heterocycles. The van der Waals surface area contributed by atoms with Crippen LogP contribution >= 0.6 is 0 Å². The lowest BCUT2D eigenvalue weighted by Gasteiger charge is -2.32. The summed E-state index contributed by atoms with van der Waals surface area (Å²) in [7, 11) is 0. The summed E-state index contributed by atoms with van der Waals surface area (Å²) in [5, 5.41) is 0. The Morgan fingerprint density at radius 1 is 1.00 bits per heavy atom. The minimum atomic E-state index is 0.164. The lowest BCUT2D eigenvalue weighted by atomic mass is 10.00. The van der Waals surface area contributed by atoms with Crippen molar-refractivity contribution < 1.29 is 9.59 Å². The number of carbonyl (C=O) groups excluding carboxylic acids is 2. The molecule has 1 fully saturated rings. The van der Waals surface area contributed by atoms with Crippen LogP contribution in [-0.2, 0) is 22.6 Å². The van der Waals surface area contributed by atoms with E-state index in [2.05, 4.69) is 29.2 Å². The number of hydrogen-bond acceptors (Lipinski definition) is 3. The Hall–Kier alpha value is -1.68. The van der Waals surface area contributed by atoms with E-state index < -0.39 is 0 Å². The highest BCUT2D eigenvalue weighted by molar-refractivity contribution is 5.84. The number of piperidine rings is 1. The van der Waals surface area contributed by atoms with Crippen molar-refractivity contribution in [2.75, 3.05) is 26.2 Å². The molecule has 4 nitrogen and oxygen atoms in total. The first-order valence-electron chi connectivity index (χ1n) is 7.31. The standard InChI is InChI=1S/C16H20N2O2/c19-15-6-9-18(10-7-15)16(20)12-17-8-5-13-3-1-2-4-14(13)11-17/h1-4H,5-12H2. The molecular formula is C16H20N2O2. The number of carbonyl (C=O) groups is 2. The van der Waals surface area contributed by atoms with Gasteiger partial charge in [0, 0.05) is 39.0 Å². The molecule has 0 aliphatic carbocycles. The number of rotatable bonds is 2. The van der Waals surface area contributed by atoms with Gasteiger partial charge in [-0.1, -0.05) is 24.3 Å². The number of likely N-dealkylation sites (tertiary alicyclic amines) is 1. The molecule has 0 saturated carbocycles. The third kappa shape index (κ3) is 2.90. The van der Waals surface area contributed by atoms with Crippen LogP contribution in [0.1, 0.15) is 24.0 Å². The zero-order chi connectivity index (χ0) is 13.9. The summed E-state index contributed by atoms with van der Waals surface area (Å²) >= 11 is 0. The fourth-order valence-corrected chi connectivity index (χ4v) is 2.99. The monoisotopic (exact) mass is 272 g/mol. The third-order valence-electron chi connectivity index (χ3n) is 4.24. The van der Waals surface area contributed by atoms with Crippen LogP contribution in [-0.4, -0.2) is 47.7 Å². The van der Waals surface area contributed by atoms with Gasteiger partial charge in [0.1, 0.15) is 5.78 Å². The van der Waals surface area contributed by atoms with E-state index in [9.17, 15) is 9.59 Å². The fraction of sp³-hybridized carbons (Fsp3) is 0.500. The highest BCUT2D eigenvalue weighted by Gasteiger charge is 2.24. The van der Waals surface area contributed by atoms with Gasteiger partial charge in [-0.2, -0.15) is 0 Å². The summed E-state index contributed by atoms with van der Waals surface area (Å²) in [6, 6.07) is 8.45. The van der Waals surface area contributed by atoms with Crippen LogP contribution in [0.25, 0.3) is 0 Å². The Morgan fingerprint density at radius 3 is 2.45 bits per heavy atom. The number of Topliss-reactive ketones (excluding diaryl/α,β-unsaturated/α-hetero) is 1. The molecular weight excluding hydrogens is 252 g/mol. The largest absolute Gasteiger partial charge is 0.341 e. The number of amides is 1. The number of benzene rings is 1. The number of ketones is 1. The second-order valence-electron chi connectivity index (χ2n) is 5.65. The van der Waals surface area contributed by atoms with Gasteiger partial charge in [-0.3, -0.25) is 14.5 Å². The summed E-state index contributed by atoms with van der Waals surface area (Å²) < 4.78 is 0. The van der Waals surface area contributed by atoms with Crippen LogP contribution in [0.3, 0.4) is 0 Å². The van der Waals surface area contributed by atoms with E-state index in [1.54, 1.807) is 0 Å². The lowest BCUT2D eigenvalue weighted by molar-refractivity contribution is -0.135. The Kier molecular flexibility index (Phi) is 3.83. The highest BCUT2D eigenvalue weighted by atomic mass is 16.2. The first kappa shape index (κ1) is 13.3. The maximum atomic E-state index is 12.3. The van der Waals surface area contributed by atoms with E-state index in [1.807, 2.05) is 4.90 Å². The molecule has 0 bridgehead atoms. The van der Waals surface area contributed by atoms with Gasteiger partial charge in [0.05, 0.1) is 6.54 Å². The number of hydrogen-bond donors (Lipinski definition) is 0. The molecule has 0 spiro atoms. The lowest BCUT2D eigenvalue weighted by Crippen LogP contribution is -2.45.